The van der Waals surface area contributed by atoms with Crippen LogP contribution < -0.4 is 5.32 Å². The lowest BCUT2D eigenvalue weighted by Crippen LogP contribution is -2.27. The number of aromatic nitrogens is 4. The third kappa shape index (κ3) is 2.56. The zero-order chi connectivity index (χ0) is 14.9. The van der Waals surface area contributed by atoms with Gasteiger partial charge in [-0.1, -0.05) is 6.92 Å². The molecule has 6 nitrogen and oxygen atoms in total. The first-order valence-corrected chi connectivity index (χ1v) is 8.49. The molecule has 2 aliphatic rings. The van der Waals surface area contributed by atoms with Crippen molar-refractivity contribution in [3.8, 4) is 0 Å². The van der Waals surface area contributed by atoms with Gasteiger partial charge in [0.25, 0.3) is 5.78 Å². The van der Waals surface area contributed by atoms with Gasteiger partial charge in [0.2, 0.25) is 0 Å². The molecule has 0 bridgehead atoms. The molecule has 0 amide bonds. The number of hydrogen-bond acceptors (Lipinski definition) is 5. The van der Waals surface area contributed by atoms with Crippen LogP contribution >= 0.6 is 0 Å². The summed E-state index contributed by atoms with van der Waals surface area (Å²) in [6.45, 7) is 6.85. The quantitative estimate of drug-likeness (QED) is 0.932. The summed E-state index contributed by atoms with van der Waals surface area (Å²) in [5.41, 5.74) is 2.56. The van der Waals surface area contributed by atoms with Crippen molar-refractivity contribution in [3.63, 3.8) is 0 Å². The van der Waals surface area contributed by atoms with Gasteiger partial charge >= 0.3 is 0 Å². The van der Waals surface area contributed by atoms with E-state index in [-0.39, 0.29) is 0 Å². The van der Waals surface area contributed by atoms with Crippen LogP contribution in [0, 0.1) is 5.92 Å². The second-order valence-corrected chi connectivity index (χ2v) is 6.68. The van der Waals surface area contributed by atoms with E-state index in [4.69, 9.17) is 4.98 Å². The van der Waals surface area contributed by atoms with Gasteiger partial charge < -0.3 is 10.2 Å². The third-order valence-electron chi connectivity index (χ3n) is 4.96. The fourth-order valence-corrected chi connectivity index (χ4v) is 3.70. The van der Waals surface area contributed by atoms with Crippen molar-refractivity contribution in [2.75, 3.05) is 31.5 Å². The molecule has 3 heterocycles. The predicted octanol–water partition coefficient (Wildman–Crippen LogP) is 1.76. The van der Waals surface area contributed by atoms with E-state index in [1.165, 1.54) is 43.6 Å². The SMILES string of the molecule is CC1CCc2c(nc3ncnn3c2NCCN2CCCC2)C1. The molecule has 0 spiro atoms. The second kappa shape index (κ2) is 5.83. The van der Waals surface area contributed by atoms with Crippen LogP contribution in [0.2, 0.25) is 0 Å². The van der Waals surface area contributed by atoms with E-state index in [0.717, 1.165) is 37.5 Å². The van der Waals surface area contributed by atoms with Gasteiger partial charge in [0, 0.05) is 18.7 Å². The van der Waals surface area contributed by atoms with Crippen molar-refractivity contribution in [2.45, 2.75) is 39.0 Å². The normalized spacial score (nSPS) is 22.1. The van der Waals surface area contributed by atoms with Crippen molar-refractivity contribution < 1.29 is 0 Å². The molecule has 1 N–H and O–H groups in total. The molecule has 22 heavy (non-hydrogen) atoms. The monoisotopic (exact) mass is 300 g/mol. The Morgan fingerprint density at radius 3 is 3.05 bits per heavy atom. The van der Waals surface area contributed by atoms with Crippen LogP contribution in [-0.2, 0) is 12.8 Å². The highest BCUT2D eigenvalue weighted by atomic mass is 15.4. The number of fused-ring (bicyclic) bond motifs is 2. The Kier molecular flexibility index (Phi) is 3.70. The van der Waals surface area contributed by atoms with Gasteiger partial charge in [0.15, 0.2) is 0 Å². The molecule has 118 valence electrons. The molecule has 0 saturated carbocycles. The number of likely N-dealkylation sites (tertiary alicyclic amines) is 1. The summed E-state index contributed by atoms with van der Waals surface area (Å²) < 4.78 is 1.87. The van der Waals surface area contributed by atoms with Crippen molar-refractivity contribution in [1.82, 2.24) is 24.5 Å². The van der Waals surface area contributed by atoms with Crippen molar-refractivity contribution in [1.29, 1.82) is 0 Å². The van der Waals surface area contributed by atoms with Gasteiger partial charge in [-0.15, -0.1) is 0 Å². The standard InChI is InChI=1S/C16H24N6/c1-12-4-5-13-14(10-12)20-16-18-11-19-22(16)15(13)17-6-9-21-7-2-3-8-21/h11-12,17H,2-10H2,1H3. The first-order valence-electron chi connectivity index (χ1n) is 8.49. The molecule has 0 aromatic carbocycles. The number of rotatable bonds is 4. The van der Waals surface area contributed by atoms with Crippen molar-refractivity contribution >= 4 is 11.6 Å². The first-order chi connectivity index (χ1) is 10.8. The van der Waals surface area contributed by atoms with Gasteiger partial charge in [-0.25, -0.2) is 4.98 Å². The number of hydrogen-bond donors (Lipinski definition) is 1. The van der Waals surface area contributed by atoms with E-state index in [0.29, 0.717) is 5.92 Å². The molecular weight excluding hydrogens is 276 g/mol. The van der Waals surface area contributed by atoms with Crippen LogP contribution in [0.15, 0.2) is 6.33 Å². The molecule has 6 heteroatoms. The molecule has 1 unspecified atom stereocenters. The van der Waals surface area contributed by atoms with E-state index in [1.54, 1.807) is 6.33 Å². The van der Waals surface area contributed by atoms with Crippen LogP contribution in [0.5, 0.6) is 0 Å². The zero-order valence-corrected chi connectivity index (χ0v) is 13.3. The Morgan fingerprint density at radius 1 is 1.32 bits per heavy atom. The third-order valence-corrected chi connectivity index (χ3v) is 4.96. The highest BCUT2D eigenvalue weighted by Crippen LogP contribution is 2.29. The summed E-state index contributed by atoms with van der Waals surface area (Å²) >= 11 is 0. The Bertz CT molecular complexity index is 658. The highest BCUT2D eigenvalue weighted by Gasteiger charge is 2.23. The van der Waals surface area contributed by atoms with E-state index in [9.17, 15) is 0 Å². The van der Waals surface area contributed by atoms with Crippen molar-refractivity contribution in [3.05, 3.63) is 17.6 Å². The maximum absolute atomic E-state index is 4.71. The van der Waals surface area contributed by atoms with Gasteiger partial charge in [-0.3, -0.25) is 0 Å². The molecule has 1 atom stereocenters. The Balaban J connectivity index is 1.58. The lowest BCUT2D eigenvalue weighted by molar-refractivity contribution is 0.352. The summed E-state index contributed by atoms with van der Waals surface area (Å²) in [7, 11) is 0. The zero-order valence-electron chi connectivity index (χ0n) is 13.3. The first kappa shape index (κ1) is 13.9. The Hall–Kier alpha value is -1.69. The minimum atomic E-state index is 0.711. The smallest absolute Gasteiger partial charge is 0.254 e. The summed E-state index contributed by atoms with van der Waals surface area (Å²) in [6.07, 6.45) is 7.66. The highest BCUT2D eigenvalue weighted by molar-refractivity contribution is 5.53. The molecule has 1 fully saturated rings. The van der Waals surface area contributed by atoms with E-state index < -0.39 is 0 Å². The van der Waals surface area contributed by atoms with Crippen LogP contribution in [0.25, 0.3) is 5.78 Å². The second-order valence-electron chi connectivity index (χ2n) is 6.68. The molecule has 2 aromatic rings. The average Bonchev–Trinajstić information content (AvgIpc) is 3.17. The molecule has 1 aliphatic carbocycles. The van der Waals surface area contributed by atoms with Gasteiger partial charge in [-0.05, 0) is 51.1 Å². The van der Waals surface area contributed by atoms with Gasteiger partial charge in [-0.2, -0.15) is 14.6 Å². The average molecular weight is 300 g/mol. The van der Waals surface area contributed by atoms with Crippen LogP contribution in [-0.4, -0.2) is 50.7 Å². The number of nitrogens with zero attached hydrogens (tertiary/aromatic N) is 5. The maximum atomic E-state index is 4.71. The minimum Gasteiger partial charge on any atom is -0.368 e. The number of nitrogens with one attached hydrogen (secondary N) is 1. The molecule has 0 radical (unpaired) electrons. The maximum Gasteiger partial charge on any atom is 0.254 e. The van der Waals surface area contributed by atoms with Crippen molar-refractivity contribution in [2.24, 2.45) is 5.92 Å². The van der Waals surface area contributed by atoms with E-state index >= 15 is 0 Å². The topological polar surface area (TPSA) is 58.4 Å². The van der Waals surface area contributed by atoms with E-state index in [2.05, 4.69) is 27.2 Å². The van der Waals surface area contributed by atoms with Gasteiger partial charge in [0.1, 0.15) is 12.1 Å². The molecule has 2 aromatic heterocycles. The predicted molar refractivity (Wildman–Crippen MR) is 86.1 cm³/mol. The molecule has 4 rings (SSSR count). The fourth-order valence-electron chi connectivity index (χ4n) is 3.70. The molecule has 1 aliphatic heterocycles. The molecule has 1 saturated heterocycles. The summed E-state index contributed by atoms with van der Waals surface area (Å²) in [5.74, 6) is 2.54. The fraction of sp³-hybridized carbons (Fsp3) is 0.688. The van der Waals surface area contributed by atoms with Crippen LogP contribution in [0.4, 0.5) is 5.82 Å². The van der Waals surface area contributed by atoms with E-state index in [1.807, 2.05) is 4.52 Å². The Morgan fingerprint density at radius 2 is 2.18 bits per heavy atom. The number of anilines is 1. The van der Waals surface area contributed by atoms with Crippen LogP contribution in [0.1, 0.15) is 37.4 Å². The Labute approximate surface area is 130 Å². The lowest BCUT2D eigenvalue weighted by Gasteiger charge is -2.24. The largest absolute Gasteiger partial charge is 0.368 e. The lowest BCUT2D eigenvalue weighted by atomic mass is 9.88. The molecular formula is C16H24N6. The summed E-state index contributed by atoms with van der Waals surface area (Å²) in [6, 6.07) is 0. The summed E-state index contributed by atoms with van der Waals surface area (Å²) in [4.78, 5) is 11.5. The minimum absolute atomic E-state index is 0.711. The van der Waals surface area contributed by atoms with Crippen LogP contribution in [0.3, 0.4) is 0 Å². The van der Waals surface area contributed by atoms with Gasteiger partial charge in [0.05, 0.1) is 5.69 Å². The summed E-state index contributed by atoms with van der Waals surface area (Å²) in [5, 5.41) is 7.99.